The fourth-order valence-electron chi connectivity index (χ4n) is 5.11. The van der Waals surface area contributed by atoms with E-state index in [1.165, 1.54) is 12.1 Å². The van der Waals surface area contributed by atoms with Crippen molar-refractivity contribution in [2.75, 3.05) is 0 Å². The summed E-state index contributed by atoms with van der Waals surface area (Å²) in [4.78, 5) is 0. The van der Waals surface area contributed by atoms with Crippen LogP contribution in [-0.4, -0.2) is 51.1 Å². The summed E-state index contributed by atoms with van der Waals surface area (Å²) < 4.78 is 11.8. The van der Waals surface area contributed by atoms with Crippen LogP contribution in [-0.2, 0) is 6.42 Å². The fraction of sp³-hybridized carbons (Fsp3) is 0.0667. The van der Waals surface area contributed by atoms with Crippen LogP contribution in [0.3, 0.4) is 0 Å². The van der Waals surface area contributed by atoms with E-state index in [4.69, 9.17) is 9.47 Å². The van der Waals surface area contributed by atoms with Crippen molar-refractivity contribution in [2.24, 2.45) is 0 Å². The number of hydrogen-bond acceptors (Lipinski definition) is 12. The number of hydrogen-bond donors (Lipinski definition) is 10. The summed E-state index contributed by atoms with van der Waals surface area (Å²) >= 11 is 0. The van der Waals surface area contributed by atoms with Gasteiger partial charge >= 0.3 is 0 Å². The topological polar surface area (TPSA) is 221 Å². The third kappa shape index (κ3) is 4.01. The Balaban J connectivity index is 1.61. The van der Waals surface area contributed by atoms with E-state index in [2.05, 4.69) is 0 Å². The number of allylic oxidation sites excluding steroid dienone is 2. The Morgan fingerprint density at radius 2 is 1.12 bits per heavy atom. The number of ether oxygens (including phenoxy) is 2. The lowest BCUT2D eigenvalue weighted by atomic mass is 9.82. The second kappa shape index (κ2) is 9.27. The Hall–Kier alpha value is -6.04. The highest BCUT2D eigenvalue weighted by Gasteiger charge is 2.41. The number of phenols is 8. The van der Waals surface area contributed by atoms with Gasteiger partial charge in [0.05, 0.1) is 17.0 Å². The van der Waals surface area contributed by atoms with Gasteiger partial charge in [-0.1, -0.05) is 0 Å². The highest BCUT2D eigenvalue weighted by atomic mass is 16.5. The summed E-state index contributed by atoms with van der Waals surface area (Å²) in [6, 6.07) is 10.3. The highest BCUT2D eigenvalue weighted by molar-refractivity contribution is 5.78. The molecule has 1 unspecified atom stereocenters. The van der Waals surface area contributed by atoms with Crippen molar-refractivity contribution in [1.29, 1.82) is 0 Å². The molecule has 4 aromatic carbocycles. The lowest BCUT2D eigenvalue weighted by Crippen LogP contribution is -2.19. The predicted molar refractivity (Wildman–Crippen MR) is 145 cm³/mol. The average molecular weight is 574 g/mol. The van der Waals surface area contributed by atoms with Crippen molar-refractivity contribution in [2.45, 2.75) is 12.3 Å². The van der Waals surface area contributed by atoms with Gasteiger partial charge in [-0.05, 0) is 36.4 Å². The standard InChI is InChI=1S/C30H22O12/c31-13-7-20(37)24-23(8-13)41-29(12-2-4-16(33)19(36)6-12)27(40)26(24)25-21(38)10-17(34)14-9-22(39)28(42-30(14)25)11-1-3-15(32)18(35)5-11/h1-8,10,26,31-40H,9H2. The molecule has 0 spiro atoms. The molecule has 2 aliphatic heterocycles. The summed E-state index contributed by atoms with van der Waals surface area (Å²) in [6.07, 6.45) is -0.313. The summed E-state index contributed by atoms with van der Waals surface area (Å²) in [7, 11) is 0. The first-order valence-electron chi connectivity index (χ1n) is 12.3. The molecule has 2 heterocycles. The number of rotatable bonds is 3. The SMILES string of the molecule is OC1=C(c2ccc(O)c(O)c2)Oc2c(c(O)cc(O)c2C2C(O)=C(c3ccc(O)c(O)c3)Oc3cc(O)cc(O)c32)C1. The van der Waals surface area contributed by atoms with E-state index < -0.39 is 57.7 Å². The molecule has 2 aliphatic rings. The molecule has 0 fully saturated rings. The minimum atomic E-state index is -1.47. The zero-order valence-electron chi connectivity index (χ0n) is 21.3. The van der Waals surface area contributed by atoms with E-state index in [0.29, 0.717) is 0 Å². The molecule has 0 saturated heterocycles. The third-order valence-corrected chi connectivity index (χ3v) is 7.06. The van der Waals surface area contributed by atoms with E-state index in [1.807, 2.05) is 0 Å². The van der Waals surface area contributed by atoms with Crippen LogP contribution in [0, 0.1) is 0 Å². The molecule has 12 heteroatoms. The molecule has 4 aromatic rings. The van der Waals surface area contributed by atoms with E-state index >= 15 is 0 Å². The van der Waals surface area contributed by atoms with Crippen LogP contribution >= 0.6 is 0 Å². The maximum atomic E-state index is 11.6. The van der Waals surface area contributed by atoms with Gasteiger partial charge in [0.2, 0.25) is 0 Å². The quantitative estimate of drug-likeness (QED) is 0.151. The number of phenolic OH excluding ortho intramolecular Hbond substituents is 8. The Kier molecular flexibility index (Phi) is 5.78. The molecule has 0 aromatic heterocycles. The first-order chi connectivity index (χ1) is 19.9. The largest absolute Gasteiger partial charge is 0.508 e. The minimum Gasteiger partial charge on any atom is -0.508 e. The molecule has 10 N–H and O–H groups in total. The first kappa shape index (κ1) is 26.2. The Bertz CT molecular complexity index is 1870. The highest BCUT2D eigenvalue weighted by Crippen LogP contribution is 2.56. The summed E-state index contributed by atoms with van der Waals surface area (Å²) in [5.74, 6) is -7.13. The van der Waals surface area contributed by atoms with Gasteiger partial charge in [-0.2, -0.15) is 0 Å². The molecule has 0 radical (unpaired) electrons. The van der Waals surface area contributed by atoms with Crippen LogP contribution in [0.25, 0.3) is 11.5 Å². The van der Waals surface area contributed by atoms with E-state index in [1.54, 1.807) is 0 Å². The number of aliphatic hydroxyl groups is 2. The summed E-state index contributed by atoms with van der Waals surface area (Å²) in [5, 5.41) is 105. The molecule has 12 nitrogen and oxygen atoms in total. The van der Waals surface area contributed by atoms with E-state index in [0.717, 1.165) is 42.5 Å². The van der Waals surface area contributed by atoms with Gasteiger partial charge in [0, 0.05) is 41.3 Å². The number of aromatic hydroxyl groups is 8. The summed E-state index contributed by atoms with van der Waals surface area (Å²) in [6.45, 7) is 0. The predicted octanol–water partition coefficient (Wildman–Crippen LogP) is 4.64. The van der Waals surface area contributed by atoms with Gasteiger partial charge < -0.3 is 60.5 Å². The van der Waals surface area contributed by atoms with Gasteiger partial charge in [0.1, 0.15) is 46.0 Å². The molecule has 0 saturated carbocycles. The van der Waals surface area contributed by atoms with Gasteiger partial charge in [0.15, 0.2) is 34.5 Å². The summed E-state index contributed by atoms with van der Waals surface area (Å²) in [5.41, 5.74) is -0.0738. The molecule has 6 rings (SSSR count). The number of aliphatic hydroxyl groups excluding tert-OH is 2. The Morgan fingerprint density at radius 3 is 1.74 bits per heavy atom. The van der Waals surface area contributed by atoms with Crippen molar-refractivity contribution in [1.82, 2.24) is 0 Å². The molecule has 0 bridgehead atoms. The van der Waals surface area contributed by atoms with Crippen molar-refractivity contribution in [3.8, 4) is 57.5 Å². The third-order valence-electron chi connectivity index (χ3n) is 7.06. The van der Waals surface area contributed by atoms with Crippen LogP contribution in [0.15, 0.2) is 66.1 Å². The molecule has 1 atom stereocenters. The maximum Gasteiger partial charge on any atom is 0.173 e. The number of fused-ring (bicyclic) bond motifs is 2. The molecule has 42 heavy (non-hydrogen) atoms. The molecule has 0 aliphatic carbocycles. The second-order valence-electron chi connectivity index (χ2n) is 9.72. The average Bonchev–Trinajstić information content (AvgIpc) is 2.93. The van der Waals surface area contributed by atoms with Crippen LogP contribution in [0.5, 0.6) is 57.5 Å². The smallest absolute Gasteiger partial charge is 0.173 e. The first-order valence-corrected chi connectivity index (χ1v) is 12.3. The van der Waals surface area contributed by atoms with Crippen LogP contribution < -0.4 is 9.47 Å². The monoisotopic (exact) mass is 574 g/mol. The van der Waals surface area contributed by atoms with Gasteiger partial charge in [-0.25, -0.2) is 0 Å². The Labute approximate surface area is 236 Å². The molecule has 214 valence electrons. The van der Waals surface area contributed by atoms with Gasteiger partial charge in [-0.3, -0.25) is 0 Å². The van der Waals surface area contributed by atoms with Gasteiger partial charge in [0.25, 0.3) is 0 Å². The number of benzene rings is 4. The molecular weight excluding hydrogens is 552 g/mol. The second-order valence-corrected chi connectivity index (χ2v) is 9.72. The molecular formula is C30H22O12. The van der Waals surface area contributed by atoms with Crippen molar-refractivity contribution in [3.05, 3.63) is 93.9 Å². The Morgan fingerprint density at radius 1 is 0.524 bits per heavy atom. The fourth-order valence-corrected chi connectivity index (χ4v) is 5.11. The zero-order chi connectivity index (χ0) is 30.0. The molecule has 0 amide bonds. The van der Waals surface area contributed by atoms with Gasteiger partial charge in [-0.15, -0.1) is 0 Å². The zero-order valence-corrected chi connectivity index (χ0v) is 21.3. The minimum absolute atomic E-state index is 0.00925. The maximum absolute atomic E-state index is 11.6. The normalized spacial score (nSPS) is 16.0. The van der Waals surface area contributed by atoms with E-state index in [-0.39, 0.29) is 63.0 Å². The van der Waals surface area contributed by atoms with Crippen LogP contribution in [0.1, 0.15) is 33.7 Å². The van der Waals surface area contributed by atoms with Crippen molar-refractivity contribution in [3.63, 3.8) is 0 Å². The lowest BCUT2D eigenvalue weighted by molar-refractivity contribution is 0.320. The lowest BCUT2D eigenvalue weighted by Gasteiger charge is -2.32. The van der Waals surface area contributed by atoms with Crippen molar-refractivity contribution < 1.29 is 60.5 Å². The van der Waals surface area contributed by atoms with E-state index in [9.17, 15) is 51.1 Å². The van der Waals surface area contributed by atoms with Crippen molar-refractivity contribution >= 4 is 11.5 Å². The van der Waals surface area contributed by atoms with Crippen LogP contribution in [0.2, 0.25) is 0 Å². The van der Waals surface area contributed by atoms with Crippen LogP contribution in [0.4, 0.5) is 0 Å².